The molecule has 0 fully saturated rings. The summed E-state index contributed by atoms with van der Waals surface area (Å²) in [5.74, 6) is 1.02. The second-order valence-electron chi connectivity index (χ2n) is 5.45. The third kappa shape index (κ3) is 2.78. The van der Waals surface area contributed by atoms with Gasteiger partial charge in [-0.05, 0) is 36.2 Å². The highest BCUT2D eigenvalue weighted by Crippen LogP contribution is 2.27. The largest absolute Gasteiger partial charge is 0.328 e. The van der Waals surface area contributed by atoms with Crippen molar-refractivity contribution in [1.82, 2.24) is 9.55 Å². The van der Waals surface area contributed by atoms with E-state index in [2.05, 4.69) is 14.9 Å². The number of nitrogens with one attached hydrogen (secondary N) is 1. The first-order valence-corrected chi connectivity index (χ1v) is 8.62. The molecule has 0 aliphatic carbocycles. The van der Waals surface area contributed by atoms with Gasteiger partial charge in [0.2, 0.25) is 0 Å². The molecule has 4 nitrogen and oxygen atoms in total. The summed E-state index contributed by atoms with van der Waals surface area (Å²) in [6.07, 6.45) is 4.14. The van der Waals surface area contributed by atoms with Crippen LogP contribution in [0.3, 0.4) is 0 Å². The van der Waals surface area contributed by atoms with Crippen LogP contribution in [0, 0.1) is 0 Å². The normalized spacial score (nSPS) is 13.1. The molecule has 1 aromatic carbocycles. The number of fused-ring (bicyclic) bond motifs is 1. The van der Waals surface area contributed by atoms with Crippen LogP contribution in [0.5, 0.6) is 0 Å². The maximum Gasteiger partial charge on any atom is 0.265 e. The monoisotopic (exact) mass is 343 g/mol. The SMILES string of the molecule is O=C(Nc1ccc(-c2cnc3n2CCC3)cc1)c1ccc(Cl)s1. The Bertz CT molecular complexity index is 866. The van der Waals surface area contributed by atoms with Gasteiger partial charge in [0.25, 0.3) is 5.91 Å². The van der Waals surface area contributed by atoms with E-state index in [-0.39, 0.29) is 5.91 Å². The van der Waals surface area contributed by atoms with Crippen molar-refractivity contribution in [2.24, 2.45) is 0 Å². The lowest BCUT2D eigenvalue weighted by Crippen LogP contribution is -2.09. The number of aryl methyl sites for hydroxylation is 1. The van der Waals surface area contributed by atoms with E-state index in [9.17, 15) is 4.79 Å². The van der Waals surface area contributed by atoms with E-state index in [4.69, 9.17) is 11.6 Å². The average Bonchev–Trinajstić information content (AvgIpc) is 3.24. The van der Waals surface area contributed by atoms with Gasteiger partial charge in [0.1, 0.15) is 5.82 Å². The van der Waals surface area contributed by atoms with Crippen molar-refractivity contribution >= 4 is 34.5 Å². The zero-order valence-electron chi connectivity index (χ0n) is 12.3. The number of thiophene rings is 1. The van der Waals surface area contributed by atoms with Gasteiger partial charge < -0.3 is 9.88 Å². The number of benzene rings is 1. The summed E-state index contributed by atoms with van der Waals surface area (Å²) in [5, 5.41) is 2.89. The van der Waals surface area contributed by atoms with E-state index in [0.717, 1.165) is 42.2 Å². The van der Waals surface area contributed by atoms with E-state index < -0.39 is 0 Å². The van der Waals surface area contributed by atoms with E-state index >= 15 is 0 Å². The van der Waals surface area contributed by atoms with Crippen molar-refractivity contribution in [3.05, 3.63) is 57.6 Å². The molecule has 0 bridgehead atoms. The second-order valence-corrected chi connectivity index (χ2v) is 7.17. The molecule has 0 radical (unpaired) electrons. The number of aromatic nitrogens is 2. The molecule has 2 aromatic heterocycles. The first kappa shape index (κ1) is 14.5. The topological polar surface area (TPSA) is 46.9 Å². The Labute approximate surface area is 142 Å². The van der Waals surface area contributed by atoms with Crippen LogP contribution in [0.4, 0.5) is 5.69 Å². The number of nitrogens with zero attached hydrogens (tertiary/aromatic N) is 2. The molecule has 1 aliphatic rings. The first-order chi connectivity index (χ1) is 11.2. The van der Waals surface area contributed by atoms with Gasteiger partial charge in [-0.15, -0.1) is 11.3 Å². The summed E-state index contributed by atoms with van der Waals surface area (Å²) in [7, 11) is 0. The minimum atomic E-state index is -0.139. The highest BCUT2D eigenvalue weighted by Gasteiger charge is 2.16. The van der Waals surface area contributed by atoms with E-state index in [0.29, 0.717) is 9.21 Å². The number of halogens is 1. The van der Waals surface area contributed by atoms with Gasteiger partial charge in [-0.2, -0.15) is 0 Å². The molecule has 116 valence electrons. The lowest BCUT2D eigenvalue weighted by molar-refractivity contribution is 0.103. The molecule has 3 aromatic rings. The molecule has 0 spiro atoms. The molecule has 6 heteroatoms. The van der Waals surface area contributed by atoms with Crippen molar-refractivity contribution < 1.29 is 4.79 Å². The van der Waals surface area contributed by atoms with Crippen LogP contribution < -0.4 is 5.32 Å². The molecule has 4 rings (SSSR count). The summed E-state index contributed by atoms with van der Waals surface area (Å²) < 4.78 is 2.88. The van der Waals surface area contributed by atoms with Crippen LogP contribution in [-0.4, -0.2) is 15.5 Å². The zero-order valence-corrected chi connectivity index (χ0v) is 13.8. The Morgan fingerprint density at radius 1 is 1.22 bits per heavy atom. The lowest BCUT2D eigenvalue weighted by Gasteiger charge is -2.07. The predicted molar refractivity (Wildman–Crippen MR) is 93.3 cm³/mol. The van der Waals surface area contributed by atoms with Crippen LogP contribution in [-0.2, 0) is 13.0 Å². The number of carbonyl (C=O) groups excluding carboxylic acids is 1. The number of imidazole rings is 1. The molecule has 23 heavy (non-hydrogen) atoms. The summed E-state index contributed by atoms with van der Waals surface area (Å²) >= 11 is 7.13. The minimum Gasteiger partial charge on any atom is -0.328 e. The fourth-order valence-electron chi connectivity index (χ4n) is 2.84. The van der Waals surface area contributed by atoms with Crippen molar-refractivity contribution in [3.63, 3.8) is 0 Å². The number of amides is 1. The van der Waals surface area contributed by atoms with Gasteiger partial charge in [0.15, 0.2) is 0 Å². The Kier molecular flexibility index (Phi) is 3.67. The van der Waals surface area contributed by atoms with Gasteiger partial charge in [-0.1, -0.05) is 23.7 Å². The van der Waals surface area contributed by atoms with Crippen LogP contribution >= 0.6 is 22.9 Å². The molecule has 1 N–H and O–H groups in total. The van der Waals surface area contributed by atoms with Crippen molar-refractivity contribution in [3.8, 4) is 11.3 Å². The summed E-state index contributed by atoms with van der Waals surface area (Å²) in [4.78, 5) is 17.2. The highest BCUT2D eigenvalue weighted by molar-refractivity contribution is 7.18. The molecule has 0 saturated carbocycles. The Morgan fingerprint density at radius 2 is 2.04 bits per heavy atom. The van der Waals surface area contributed by atoms with E-state index in [1.165, 1.54) is 11.3 Å². The number of hydrogen-bond acceptors (Lipinski definition) is 3. The number of anilines is 1. The fourth-order valence-corrected chi connectivity index (χ4v) is 3.78. The maximum absolute atomic E-state index is 12.1. The summed E-state index contributed by atoms with van der Waals surface area (Å²) in [6.45, 7) is 1.03. The lowest BCUT2D eigenvalue weighted by atomic mass is 10.1. The number of rotatable bonds is 3. The minimum absolute atomic E-state index is 0.139. The van der Waals surface area contributed by atoms with Gasteiger partial charge in [-0.3, -0.25) is 4.79 Å². The van der Waals surface area contributed by atoms with Crippen LogP contribution in [0.1, 0.15) is 21.9 Å². The fraction of sp³-hybridized carbons (Fsp3) is 0.176. The van der Waals surface area contributed by atoms with Gasteiger partial charge in [-0.25, -0.2) is 4.98 Å². The maximum atomic E-state index is 12.1. The molecular formula is C17H14ClN3OS. The molecular weight excluding hydrogens is 330 g/mol. The Morgan fingerprint density at radius 3 is 2.78 bits per heavy atom. The first-order valence-electron chi connectivity index (χ1n) is 7.42. The van der Waals surface area contributed by atoms with Crippen molar-refractivity contribution in [2.75, 3.05) is 5.32 Å². The van der Waals surface area contributed by atoms with Gasteiger partial charge in [0.05, 0.1) is 21.1 Å². The smallest absolute Gasteiger partial charge is 0.265 e. The molecule has 0 saturated heterocycles. The van der Waals surface area contributed by atoms with Crippen LogP contribution in [0.2, 0.25) is 4.34 Å². The van der Waals surface area contributed by atoms with Crippen LogP contribution in [0.15, 0.2) is 42.6 Å². The number of carbonyl (C=O) groups is 1. The van der Waals surface area contributed by atoms with Crippen LogP contribution in [0.25, 0.3) is 11.3 Å². The summed E-state index contributed by atoms with van der Waals surface area (Å²) in [5.41, 5.74) is 3.02. The molecule has 1 aliphatic heterocycles. The molecule has 0 unspecified atom stereocenters. The van der Waals surface area contributed by atoms with Crippen molar-refractivity contribution in [1.29, 1.82) is 0 Å². The second kappa shape index (κ2) is 5.83. The molecule has 3 heterocycles. The zero-order chi connectivity index (χ0) is 15.8. The predicted octanol–water partition coefficient (Wildman–Crippen LogP) is 4.46. The summed E-state index contributed by atoms with van der Waals surface area (Å²) in [6, 6.07) is 11.3. The number of hydrogen-bond donors (Lipinski definition) is 1. The quantitative estimate of drug-likeness (QED) is 0.763. The Balaban J connectivity index is 1.53. The highest BCUT2D eigenvalue weighted by atomic mass is 35.5. The standard InChI is InChI=1S/C17H14ClN3OS/c18-15-8-7-14(23-15)17(22)20-12-5-3-11(4-6-12)13-10-19-16-2-1-9-21(13)16/h3-8,10H,1-2,9H2,(H,20,22). The third-order valence-corrected chi connectivity index (χ3v) is 5.19. The Hall–Kier alpha value is -2.11. The molecule has 1 amide bonds. The molecule has 0 atom stereocenters. The van der Waals surface area contributed by atoms with E-state index in [1.807, 2.05) is 30.5 Å². The third-order valence-electron chi connectivity index (χ3n) is 3.96. The van der Waals surface area contributed by atoms with Gasteiger partial charge in [0, 0.05) is 18.7 Å². The van der Waals surface area contributed by atoms with Gasteiger partial charge >= 0.3 is 0 Å². The van der Waals surface area contributed by atoms with E-state index in [1.54, 1.807) is 12.1 Å². The van der Waals surface area contributed by atoms with Crippen molar-refractivity contribution in [2.45, 2.75) is 19.4 Å². The average molecular weight is 344 g/mol.